The quantitative estimate of drug-likeness (QED) is 0.612. The van der Waals surface area contributed by atoms with Gasteiger partial charge in [0.2, 0.25) is 5.91 Å². The number of carbonyl (C=O) groups excluding carboxylic acids is 1. The summed E-state index contributed by atoms with van der Waals surface area (Å²) in [5.41, 5.74) is 1.61. The number of nitrogens with one attached hydrogen (secondary N) is 2. The Labute approximate surface area is 118 Å². The molecular weight excluding hydrogens is 264 g/mol. The first-order valence-electron chi connectivity index (χ1n) is 5.78. The molecule has 0 spiro atoms. The molecule has 0 saturated carbocycles. The first kappa shape index (κ1) is 15.6. The Morgan fingerprint density at radius 2 is 1.84 bits per heavy atom. The van der Waals surface area contributed by atoms with Crippen molar-refractivity contribution in [3.05, 3.63) is 29.8 Å². The fourth-order valence-electron chi connectivity index (χ4n) is 1.45. The largest absolute Gasteiger partial charge is 0.371 e. The summed E-state index contributed by atoms with van der Waals surface area (Å²) in [6.07, 6.45) is -0.336. The highest BCUT2D eigenvalue weighted by molar-refractivity contribution is 7.80. The smallest absolute Gasteiger partial charge is 0.221 e. The highest BCUT2D eigenvalue weighted by Gasteiger charge is 2.07. The minimum absolute atomic E-state index is 0.100. The average molecular weight is 282 g/mol. The lowest BCUT2D eigenvalue weighted by molar-refractivity contribution is -0.114. The number of benzene rings is 1. The Kier molecular flexibility index (Phi) is 6.41. The third-order valence-electron chi connectivity index (χ3n) is 2.42. The zero-order chi connectivity index (χ0) is 14.3. The second-order valence-electron chi connectivity index (χ2n) is 3.87. The van der Waals surface area contributed by atoms with Gasteiger partial charge in [0, 0.05) is 32.4 Å². The maximum absolute atomic E-state index is 10.9. The minimum Gasteiger partial charge on any atom is -0.371 e. The molecule has 0 aliphatic carbocycles. The van der Waals surface area contributed by atoms with Gasteiger partial charge in [-0.15, -0.1) is 0 Å². The van der Waals surface area contributed by atoms with Crippen LogP contribution in [0.15, 0.2) is 24.3 Å². The van der Waals surface area contributed by atoms with E-state index >= 15 is 0 Å². The fraction of sp³-hybridized carbons (Fsp3) is 0.385. The van der Waals surface area contributed by atoms with E-state index < -0.39 is 0 Å². The first-order chi connectivity index (χ1) is 9.06. The van der Waals surface area contributed by atoms with Crippen molar-refractivity contribution in [3.8, 4) is 0 Å². The van der Waals surface area contributed by atoms with Crippen molar-refractivity contribution >= 4 is 28.8 Å². The number of ether oxygens (including phenoxy) is 2. The summed E-state index contributed by atoms with van der Waals surface area (Å²) in [7, 11) is 3.14. The van der Waals surface area contributed by atoms with E-state index in [9.17, 15) is 4.79 Å². The maximum Gasteiger partial charge on any atom is 0.221 e. The number of anilines is 1. The number of rotatable bonds is 6. The average Bonchev–Trinajstić information content (AvgIpc) is 2.39. The van der Waals surface area contributed by atoms with Crippen molar-refractivity contribution in [1.29, 1.82) is 0 Å². The van der Waals surface area contributed by atoms with Crippen molar-refractivity contribution in [2.75, 3.05) is 26.1 Å². The molecule has 0 heterocycles. The number of hydrogen-bond donors (Lipinski definition) is 2. The number of carbonyl (C=O) groups is 1. The standard InChI is InChI=1S/C13H18N2O3S/c1-9(16)15-11-6-4-10(5-7-11)13(19)14-8-12(17-2)18-3/h4-7,12H,8H2,1-3H3,(H,14,19)(H,15,16). The topological polar surface area (TPSA) is 59.6 Å². The molecule has 0 aromatic heterocycles. The van der Waals surface area contributed by atoms with Gasteiger partial charge in [0.1, 0.15) is 4.99 Å². The predicted molar refractivity (Wildman–Crippen MR) is 78.3 cm³/mol. The van der Waals surface area contributed by atoms with E-state index in [2.05, 4.69) is 10.6 Å². The zero-order valence-electron chi connectivity index (χ0n) is 11.2. The monoisotopic (exact) mass is 282 g/mol. The third-order valence-corrected chi connectivity index (χ3v) is 2.80. The van der Waals surface area contributed by atoms with E-state index in [-0.39, 0.29) is 12.2 Å². The van der Waals surface area contributed by atoms with Gasteiger partial charge in [-0.25, -0.2) is 0 Å². The SMILES string of the molecule is COC(CNC(=S)c1ccc(NC(C)=O)cc1)OC. The maximum atomic E-state index is 10.9. The Balaban J connectivity index is 2.55. The van der Waals surface area contributed by atoms with E-state index in [0.717, 1.165) is 11.3 Å². The highest BCUT2D eigenvalue weighted by atomic mass is 32.1. The Morgan fingerprint density at radius 1 is 1.26 bits per heavy atom. The molecule has 1 aromatic rings. The van der Waals surface area contributed by atoms with E-state index in [4.69, 9.17) is 21.7 Å². The summed E-state index contributed by atoms with van der Waals surface area (Å²) in [6.45, 7) is 1.94. The van der Waals surface area contributed by atoms with Crippen molar-refractivity contribution in [2.24, 2.45) is 0 Å². The summed E-state index contributed by atoms with van der Waals surface area (Å²) in [5.74, 6) is -0.100. The highest BCUT2D eigenvalue weighted by Crippen LogP contribution is 2.10. The minimum atomic E-state index is -0.336. The molecule has 0 unspecified atom stereocenters. The molecule has 2 N–H and O–H groups in total. The van der Waals surface area contributed by atoms with Gasteiger partial charge in [0.05, 0.1) is 6.54 Å². The molecule has 0 radical (unpaired) electrons. The Morgan fingerprint density at radius 3 is 2.32 bits per heavy atom. The van der Waals surface area contributed by atoms with Gasteiger partial charge in [-0.2, -0.15) is 0 Å². The molecular formula is C13H18N2O3S. The molecule has 0 fully saturated rings. The van der Waals surface area contributed by atoms with Crippen molar-refractivity contribution in [2.45, 2.75) is 13.2 Å². The van der Waals surface area contributed by atoms with Gasteiger partial charge in [0.15, 0.2) is 6.29 Å². The molecule has 5 nitrogen and oxygen atoms in total. The van der Waals surface area contributed by atoms with Gasteiger partial charge in [-0.3, -0.25) is 4.79 Å². The third kappa shape index (κ3) is 5.34. The second-order valence-corrected chi connectivity index (χ2v) is 4.28. The molecule has 0 atom stereocenters. The van der Waals surface area contributed by atoms with Crippen LogP contribution in [0.25, 0.3) is 0 Å². The van der Waals surface area contributed by atoms with Crippen LogP contribution in [0.3, 0.4) is 0 Å². The lowest BCUT2D eigenvalue weighted by Gasteiger charge is -2.15. The van der Waals surface area contributed by atoms with Crippen molar-refractivity contribution in [3.63, 3.8) is 0 Å². The molecule has 6 heteroatoms. The molecule has 1 aromatic carbocycles. The normalized spacial score (nSPS) is 10.3. The lowest BCUT2D eigenvalue weighted by atomic mass is 10.2. The van der Waals surface area contributed by atoms with Gasteiger partial charge in [-0.1, -0.05) is 12.2 Å². The number of amides is 1. The summed E-state index contributed by atoms with van der Waals surface area (Å²) in [6, 6.07) is 7.29. The molecule has 0 aliphatic rings. The van der Waals surface area contributed by atoms with Crippen LogP contribution in [0.2, 0.25) is 0 Å². The van der Waals surface area contributed by atoms with Crippen LogP contribution in [0.1, 0.15) is 12.5 Å². The summed E-state index contributed by atoms with van der Waals surface area (Å²) < 4.78 is 10.1. The van der Waals surface area contributed by atoms with Crippen LogP contribution in [0.4, 0.5) is 5.69 Å². The van der Waals surface area contributed by atoms with Gasteiger partial charge < -0.3 is 20.1 Å². The Bertz CT molecular complexity index is 430. The zero-order valence-corrected chi connectivity index (χ0v) is 12.0. The van der Waals surface area contributed by atoms with Crippen LogP contribution in [-0.4, -0.2) is 38.0 Å². The Hall–Kier alpha value is -1.50. The molecule has 0 bridgehead atoms. The van der Waals surface area contributed by atoms with Crippen LogP contribution in [-0.2, 0) is 14.3 Å². The van der Waals surface area contributed by atoms with E-state index in [1.165, 1.54) is 6.92 Å². The number of methoxy groups -OCH3 is 2. The molecule has 1 rings (SSSR count). The summed E-state index contributed by atoms with van der Waals surface area (Å²) in [4.78, 5) is 11.5. The molecule has 104 valence electrons. The predicted octanol–water partition coefficient (Wildman–Crippen LogP) is 1.53. The first-order valence-corrected chi connectivity index (χ1v) is 6.19. The molecule has 19 heavy (non-hydrogen) atoms. The molecule has 0 aliphatic heterocycles. The fourth-order valence-corrected chi connectivity index (χ4v) is 1.67. The lowest BCUT2D eigenvalue weighted by Crippen LogP contribution is -2.33. The van der Waals surface area contributed by atoms with Gasteiger partial charge >= 0.3 is 0 Å². The van der Waals surface area contributed by atoms with E-state index in [0.29, 0.717) is 11.5 Å². The second kappa shape index (κ2) is 7.83. The van der Waals surface area contributed by atoms with E-state index in [1.54, 1.807) is 26.4 Å². The van der Waals surface area contributed by atoms with Crippen LogP contribution in [0, 0.1) is 0 Å². The van der Waals surface area contributed by atoms with Crippen LogP contribution in [0.5, 0.6) is 0 Å². The summed E-state index contributed by atoms with van der Waals surface area (Å²) >= 11 is 5.26. The summed E-state index contributed by atoms with van der Waals surface area (Å²) in [5, 5.41) is 5.75. The van der Waals surface area contributed by atoms with Crippen LogP contribution >= 0.6 is 12.2 Å². The van der Waals surface area contributed by atoms with Gasteiger partial charge in [0.25, 0.3) is 0 Å². The molecule has 1 amide bonds. The number of hydrogen-bond acceptors (Lipinski definition) is 4. The van der Waals surface area contributed by atoms with Crippen molar-refractivity contribution in [1.82, 2.24) is 5.32 Å². The number of thiocarbonyl (C=S) groups is 1. The van der Waals surface area contributed by atoms with E-state index in [1.807, 2.05) is 12.1 Å². The van der Waals surface area contributed by atoms with Gasteiger partial charge in [-0.05, 0) is 24.3 Å². The van der Waals surface area contributed by atoms with Crippen molar-refractivity contribution < 1.29 is 14.3 Å². The molecule has 0 saturated heterocycles. The van der Waals surface area contributed by atoms with Crippen LogP contribution < -0.4 is 10.6 Å².